The Bertz CT molecular complexity index is 705. The van der Waals surface area contributed by atoms with Gasteiger partial charge >= 0.3 is 0 Å². The number of aryl methyl sites for hydroxylation is 1. The van der Waals surface area contributed by atoms with Crippen LogP contribution in [0.2, 0.25) is 0 Å². The number of ether oxygens (including phenoxy) is 1. The van der Waals surface area contributed by atoms with Crippen LogP contribution in [0.5, 0.6) is 0 Å². The Labute approximate surface area is 142 Å². The van der Waals surface area contributed by atoms with Crippen LogP contribution in [0.15, 0.2) is 6.07 Å². The van der Waals surface area contributed by atoms with E-state index >= 15 is 0 Å². The molecule has 0 bridgehead atoms. The van der Waals surface area contributed by atoms with Gasteiger partial charge in [-0.3, -0.25) is 4.68 Å². The Hall–Kier alpha value is -2.15. The molecule has 1 atom stereocenters. The second-order valence-electron chi connectivity index (χ2n) is 6.25. The number of nitrogen functional groups attached to an aromatic ring is 1. The van der Waals surface area contributed by atoms with Crippen LogP contribution < -0.4 is 11.1 Å². The summed E-state index contributed by atoms with van der Waals surface area (Å²) in [7, 11) is 0. The zero-order valence-electron chi connectivity index (χ0n) is 14.7. The summed E-state index contributed by atoms with van der Waals surface area (Å²) in [5.41, 5.74) is 10.5. The molecule has 1 unspecified atom stereocenters. The van der Waals surface area contributed by atoms with Crippen molar-refractivity contribution in [2.45, 2.75) is 46.1 Å². The van der Waals surface area contributed by atoms with Crippen molar-refractivity contribution in [1.82, 2.24) is 19.7 Å². The molecule has 2 aromatic rings. The van der Waals surface area contributed by atoms with Crippen LogP contribution in [0, 0.1) is 13.8 Å². The standard InChI is InChI=1S/C17H26N6O/c1-4-14-11(2)22-23(12(14)3)7-6-19-16-9-15(20-17(18)21-16)13-5-8-24-10-13/h9,13H,4-8,10H2,1-3H3,(H3,18,19,20,21). The van der Waals surface area contributed by atoms with E-state index in [0.29, 0.717) is 18.5 Å². The zero-order valence-corrected chi connectivity index (χ0v) is 14.7. The first-order chi connectivity index (χ1) is 11.6. The predicted molar refractivity (Wildman–Crippen MR) is 94.2 cm³/mol. The summed E-state index contributed by atoms with van der Waals surface area (Å²) < 4.78 is 7.49. The fraction of sp³-hybridized carbons (Fsp3) is 0.588. The minimum Gasteiger partial charge on any atom is -0.381 e. The van der Waals surface area contributed by atoms with Crippen LogP contribution in [0.1, 0.15) is 41.9 Å². The molecule has 3 heterocycles. The van der Waals surface area contributed by atoms with Crippen molar-refractivity contribution in [1.29, 1.82) is 0 Å². The Balaban J connectivity index is 1.64. The van der Waals surface area contributed by atoms with Gasteiger partial charge in [-0.2, -0.15) is 10.1 Å². The maximum absolute atomic E-state index is 5.85. The number of nitrogens with zero attached hydrogens (tertiary/aromatic N) is 4. The molecular weight excluding hydrogens is 304 g/mol. The summed E-state index contributed by atoms with van der Waals surface area (Å²) in [5, 5.41) is 7.95. The van der Waals surface area contributed by atoms with Crippen LogP contribution in [0.25, 0.3) is 0 Å². The monoisotopic (exact) mass is 330 g/mol. The Morgan fingerprint density at radius 3 is 2.88 bits per heavy atom. The van der Waals surface area contributed by atoms with Crippen LogP contribution in [0.3, 0.4) is 0 Å². The highest BCUT2D eigenvalue weighted by Crippen LogP contribution is 2.25. The third kappa shape index (κ3) is 3.51. The highest BCUT2D eigenvalue weighted by molar-refractivity contribution is 5.41. The molecule has 1 saturated heterocycles. The van der Waals surface area contributed by atoms with Gasteiger partial charge in [0.1, 0.15) is 5.82 Å². The fourth-order valence-electron chi connectivity index (χ4n) is 3.31. The molecule has 3 N–H and O–H groups in total. The average Bonchev–Trinajstić information content (AvgIpc) is 3.16. The van der Waals surface area contributed by atoms with Gasteiger partial charge in [-0.15, -0.1) is 0 Å². The van der Waals surface area contributed by atoms with E-state index in [-0.39, 0.29) is 0 Å². The summed E-state index contributed by atoms with van der Waals surface area (Å²) in [6, 6.07) is 1.98. The van der Waals surface area contributed by atoms with Gasteiger partial charge in [0, 0.05) is 30.8 Å². The number of anilines is 2. The maximum Gasteiger partial charge on any atom is 0.222 e. The molecule has 0 saturated carbocycles. The highest BCUT2D eigenvalue weighted by Gasteiger charge is 2.20. The summed E-state index contributed by atoms with van der Waals surface area (Å²) in [5.74, 6) is 1.39. The van der Waals surface area contributed by atoms with Crippen LogP contribution in [-0.2, 0) is 17.7 Å². The van der Waals surface area contributed by atoms with E-state index in [9.17, 15) is 0 Å². The predicted octanol–water partition coefficient (Wildman–Crippen LogP) is 2.05. The summed E-state index contributed by atoms with van der Waals surface area (Å²) >= 11 is 0. The van der Waals surface area contributed by atoms with E-state index in [2.05, 4.69) is 45.8 Å². The molecule has 2 aromatic heterocycles. The summed E-state index contributed by atoms with van der Waals surface area (Å²) in [4.78, 5) is 8.63. The smallest absolute Gasteiger partial charge is 0.222 e. The van der Waals surface area contributed by atoms with E-state index in [1.54, 1.807) is 0 Å². The molecule has 130 valence electrons. The Morgan fingerprint density at radius 2 is 2.21 bits per heavy atom. The van der Waals surface area contributed by atoms with Crippen molar-refractivity contribution in [2.24, 2.45) is 0 Å². The van der Waals surface area contributed by atoms with Crippen molar-refractivity contribution >= 4 is 11.8 Å². The van der Waals surface area contributed by atoms with Gasteiger partial charge in [0.25, 0.3) is 0 Å². The first-order valence-corrected chi connectivity index (χ1v) is 8.57. The summed E-state index contributed by atoms with van der Waals surface area (Å²) in [6.07, 6.45) is 2.00. The topological polar surface area (TPSA) is 90.9 Å². The van der Waals surface area contributed by atoms with Crippen LogP contribution in [0.4, 0.5) is 11.8 Å². The van der Waals surface area contributed by atoms with Gasteiger partial charge in [0.2, 0.25) is 5.95 Å². The lowest BCUT2D eigenvalue weighted by atomic mass is 10.0. The van der Waals surface area contributed by atoms with Gasteiger partial charge < -0.3 is 15.8 Å². The lowest BCUT2D eigenvalue weighted by Crippen LogP contribution is -2.15. The third-order valence-electron chi connectivity index (χ3n) is 4.63. The van der Waals surface area contributed by atoms with E-state index in [1.807, 2.05) is 6.07 Å². The van der Waals surface area contributed by atoms with Crippen LogP contribution >= 0.6 is 0 Å². The van der Waals surface area contributed by atoms with Crippen LogP contribution in [-0.4, -0.2) is 39.5 Å². The molecule has 0 radical (unpaired) electrons. The maximum atomic E-state index is 5.85. The van der Waals surface area contributed by atoms with Gasteiger partial charge in [-0.05, 0) is 32.3 Å². The first kappa shape index (κ1) is 16.7. The quantitative estimate of drug-likeness (QED) is 0.842. The van der Waals surface area contributed by atoms with Gasteiger partial charge in [-0.25, -0.2) is 4.98 Å². The lowest BCUT2D eigenvalue weighted by Gasteiger charge is -2.12. The van der Waals surface area contributed by atoms with E-state index in [1.165, 1.54) is 11.3 Å². The Kier molecular flexibility index (Phi) is 4.99. The normalized spacial score (nSPS) is 17.4. The minimum absolute atomic E-state index is 0.307. The Morgan fingerprint density at radius 1 is 1.38 bits per heavy atom. The largest absolute Gasteiger partial charge is 0.381 e. The second kappa shape index (κ2) is 7.17. The molecule has 7 heteroatoms. The van der Waals surface area contributed by atoms with Crippen molar-refractivity contribution in [3.8, 4) is 0 Å². The molecule has 0 aromatic carbocycles. The van der Waals surface area contributed by atoms with Crippen molar-refractivity contribution in [2.75, 3.05) is 30.8 Å². The molecule has 1 fully saturated rings. The summed E-state index contributed by atoms with van der Waals surface area (Å²) in [6.45, 7) is 9.38. The van der Waals surface area contributed by atoms with Crippen molar-refractivity contribution in [3.05, 3.63) is 28.7 Å². The van der Waals surface area contributed by atoms with E-state index in [0.717, 1.165) is 49.7 Å². The number of nitrogens with two attached hydrogens (primary N) is 1. The number of rotatable bonds is 6. The van der Waals surface area contributed by atoms with Crippen molar-refractivity contribution in [3.63, 3.8) is 0 Å². The average molecular weight is 330 g/mol. The van der Waals surface area contributed by atoms with E-state index < -0.39 is 0 Å². The molecule has 7 nitrogen and oxygen atoms in total. The number of hydrogen-bond donors (Lipinski definition) is 2. The first-order valence-electron chi connectivity index (χ1n) is 8.57. The third-order valence-corrected chi connectivity index (χ3v) is 4.63. The molecule has 3 rings (SSSR count). The molecule has 1 aliphatic rings. The number of nitrogens with one attached hydrogen (secondary N) is 1. The molecule has 0 aliphatic carbocycles. The fourth-order valence-corrected chi connectivity index (χ4v) is 3.31. The van der Waals surface area contributed by atoms with Crippen molar-refractivity contribution < 1.29 is 4.74 Å². The number of hydrogen-bond acceptors (Lipinski definition) is 6. The molecule has 1 aliphatic heterocycles. The second-order valence-corrected chi connectivity index (χ2v) is 6.25. The molecular formula is C17H26N6O. The van der Waals surface area contributed by atoms with Gasteiger partial charge in [0.15, 0.2) is 0 Å². The van der Waals surface area contributed by atoms with E-state index in [4.69, 9.17) is 10.5 Å². The minimum atomic E-state index is 0.307. The molecule has 24 heavy (non-hydrogen) atoms. The van der Waals surface area contributed by atoms with Gasteiger partial charge in [-0.1, -0.05) is 6.92 Å². The number of aromatic nitrogens is 4. The molecule has 0 amide bonds. The lowest BCUT2D eigenvalue weighted by molar-refractivity contribution is 0.193. The SMILES string of the molecule is CCc1c(C)nn(CCNc2cc(C3CCOC3)nc(N)n2)c1C. The highest BCUT2D eigenvalue weighted by atomic mass is 16.5. The zero-order chi connectivity index (χ0) is 17.1. The molecule has 0 spiro atoms. The van der Waals surface area contributed by atoms with Gasteiger partial charge in [0.05, 0.1) is 24.5 Å².